The van der Waals surface area contributed by atoms with E-state index in [2.05, 4.69) is 4.74 Å². The minimum Gasteiger partial charge on any atom is -0.467 e. The summed E-state index contributed by atoms with van der Waals surface area (Å²) in [4.78, 5) is 10.5. The van der Waals surface area contributed by atoms with Gasteiger partial charge in [0.1, 0.15) is 0 Å². The van der Waals surface area contributed by atoms with Crippen molar-refractivity contribution in [3.8, 4) is 0 Å². The molecule has 2 nitrogen and oxygen atoms in total. The summed E-state index contributed by atoms with van der Waals surface area (Å²) in [5, 5.41) is 0. The monoisotopic (exact) mass is 190 g/mol. The van der Waals surface area contributed by atoms with Gasteiger partial charge in [0.2, 0.25) is 4.33 Å². The van der Waals surface area contributed by atoms with Gasteiger partial charge in [-0.05, 0) is 0 Å². The van der Waals surface area contributed by atoms with E-state index in [0.717, 1.165) is 0 Å². The summed E-state index contributed by atoms with van der Waals surface area (Å²) >= 11 is 15.9. The van der Waals surface area contributed by atoms with Crippen LogP contribution in [0.3, 0.4) is 0 Å². The second kappa shape index (κ2) is 3.49. The van der Waals surface area contributed by atoms with Crippen LogP contribution in [0.25, 0.3) is 0 Å². The van der Waals surface area contributed by atoms with Gasteiger partial charge in [0.15, 0.2) is 0 Å². The van der Waals surface area contributed by atoms with E-state index in [1.807, 2.05) is 0 Å². The molecule has 0 amide bonds. The largest absolute Gasteiger partial charge is 0.467 e. The molecule has 0 unspecified atom stereocenters. The highest BCUT2D eigenvalue weighted by Gasteiger charge is 2.33. The molecule has 54 valence electrons. The third kappa shape index (κ3) is 2.61. The van der Waals surface area contributed by atoms with Crippen molar-refractivity contribution in [2.24, 2.45) is 0 Å². The van der Waals surface area contributed by atoms with Crippen molar-refractivity contribution in [1.82, 2.24) is 0 Å². The Hall–Kier alpha value is 0.340. The summed E-state index contributed by atoms with van der Waals surface area (Å²) in [6, 6.07) is 0. The minimum atomic E-state index is -1.60. The molecule has 0 aliphatic carbocycles. The summed E-state index contributed by atoms with van der Waals surface area (Å²) in [6.07, 6.45) is 0. The van der Waals surface area contributed by atoms with Crippen molar-refractivity contribution in [1.29, 1.82) is 0 Å². The van der Waals surface area contributed by atoms with Crippen LogP contribution in [0.1, 0.15) is 0 Å². The molecular formula is C4H5Cl3O2. The third-order valence-corrected chi connectivity index (χ3v) is 1.90. The Morgan fingerprint density at radius 2 is 2.11 bits per heavy atom. The van der Waals surface area contributed by atoms with Gasteiger partial charge in [0.25, 0.3) is 0 Å². The zero-order valence-electron chi connectivity index (χ0n) is 4.66. The Labute approximate surface area is 68.0 Å². The number of methoxy groups -OCH3 is 1. The second-order valence-electron chi connectivity index (χ2n) is 1.33. The number of carbonyl (C=O) groups is 1. The zero-order valence-corrected chi connectivity index (χ0v) is 6.93. The first-order valence-corrected chi connectivity index (χ1v) is 3.36. The van der Waals surface area contributed by atoms with Crippen LogP contribution < -0.4 is 0 Å². The Kier molecular flexibility index (Phi) is 3.63. The summed E-state index contributed by atoms with van der Waals surface area (Å²) in [6.45, 7) is 0. The van der Waals surface area contributed by atoms with Crippen LogP contribution in [0.2, 0.25) is 0 Å². The topological polar surface area (TPSA) is 26.3 Å². The number of halogens is 3. The molecule has 0 rings (SSSR count). The van der Waals surface area contributed by atoms with Gasteiger partial charge in [0, 0.05) is 0 Å². The molecule has 0 N–H and O–H groups in total. The van der Waals surface area contributed by atoms with E-state index in [0.29, 0.717) is 0 Å². The Bertz CT molecular complexity index is 112. The van der Waals surface area contributed by atoms with Gasteiger partial charge in [-0.2, -0.15) is 0 Å². The quantitative estimate of drug-likeness (QED) is 0.489. The van der Waals surface area contributed by atoms with E-state index in [1.54, 1.807) is 0 Å². The average molecular weight is 191 g/mol. The Morgan fingerprint density at radius 1 is 1.67 bits per heavy atom. The smallest absolute Gasteiger partial charge is 0.343 e. The number of hydrogen-bond acceptors (Lipinski definition) is 2. The molecular weight excluding hydrogens is 186 g/mol. The molecule has 0 aliphatic rings. The lowest BCUT2D eigenvalue weighted by molar-refractivity contribution is -0.140. The number of alkyl halides is 3. The molecule has 0 saturated carbocycles. The molecule has 0 aromatic rings. The highest BCUT2D eigenvalue weighted by atomic mass is 35.5. The van der Waals surface area contributed by atoms with Crippen molar-refractivity contribution in [2.45, 2.75) is 4.33 Å². The van der Waals surface area contributed by atoms with Crippen LogP contribution in [0.4, 0.5) is 0 Å². The number of carbonyl (C=O) groups excluding carboxylic acids is 1. The van der Waals surface area contributed by atoms with Crippen molar-refractivity contribution in [2.75, 3.05) is 13.0 Å². The maximum atomic E-state index is 10.5. The van der Waals surface area contributed by atoms with Gasteiger partial charge in [-0.15, -0.1) is 11.6 Å². The molecule has 0 aromatic carbocycles. The second-order valence-corrected chi connectivity index (χ2v) is 3.08. The highest BCUT2D eigenvalue weighted by Crippen LogP contribution is 2.23. The van der Waals surface area contributed by atoms with Crippen molar-refractivity contribution >= 4 is 40.8 Å². The van der Waals surface area contributed by atoms with E-state index in [-0.39, 0.29) is 5.88 Å². The SMILES string of the molecule is COC(=O)C(Cl)(Cl)CCl. The first kappa shape index (κ1) is 9.34. The minimum absolute atomic E-state index is 0.178. The predicted octanol–water partition coefficient (Wildman–Crippen LogP) is 1.57. The standard InChI is InChI=1S/C4H5Cl3O2/c1-9-3(8)4(6,7)2-5/h2H2,1H3. The van der Waals surface area contributed by atoms with Gasteiger partial charge >= 0.3 is 5.97 Å². The molecule has 0 aliphatic heterocycles. The van der Waals surface area contributed by atoms with Crippen molar-refractivity contribution in [3.63, 3.8) is 0 Å². The molecule has 0 radical (unpaired) electrons. The Morgan fingerprint density at radius 3 is 2.22 bits per heavy atom. The number of ether oxygens (including phenoxy) is 1. The predicted molar refractivity (Wildman–Crippen MR) is 37.2 cm³/mol. The van der Waals surface area contributed by atoms with Crippen LogP contribution in [0.15, 0.2) is 0 Å². The molecule has 9 heavy (non-hydrogen) atoms. The number of rotatable bonds is 2. The molecule has 5 heteroatoms. The fourth-order valence-corrected chi connectivity index (χ4v) is 0.467. The van der Waals surface area contributed by atoms with Crippen LogP contribution in [-0.4, -0.2) is 23.3 Å². The summed E-state index contributed by atoms with van der Waals surface area (Å²) in [5.74, 6) is -0.913. The summed E-state index contributed by atoms with van der Waals surface area (Å²) in [5.41, 5.74) is 0. The summed E-state index contributed by atoms with van der Waals surface area (Å²) in [7, 11) is 1.19. The molecule has 0 atom stereocenters. The molecule has 0 saturated heterocycles. The highest BCUT2D eigenvalue weighted by molar-refractivity contribution is 6.60. The maximum absolute atomic E-state index is 10.5. The fourth-order valence-electron chi connectivity index (χ4n) is 0.204. The Balaban J connectivity index is 3.97. The zero-order chi connectivity index (χ0) is 7.49. The first-order valence-electron chi connectivity index (χ1n) is 2.07. The van der Waals surface area contributed by atoms with Gasteiger partial charge in [-0.3, -0.25) is 0 Å². The van der Waals surface area contributed by atoms with E-state index < -0.39 is 10.3 Å². The number of hydrogen-bond donors (Lipinski definition) is 0. The average Bonchev–Trinajstić information content (AvgIpc) is 1.86. The van der Waals surface area contributed by atoms with Gasteiger partial charge in [0.05, 0.1) is 13.0 Å². The molecule has 0 bridgehead atoms. The first-order chi connectivity index (χ1) is 4.04. The van der Waals surface area contributed by atoms with E-state index in [9.17, 15) is 4.79 Å². The van der Waals surface area contributed by atoms with E-state index in [1.165, 1.54) is 7.11 Å². The summed E-state index contributed by atoms with van der Waals surface area (Å²) < 4.78 is 2.62. The fraction of sp³-hybridized carbons (Fsp3) is 0.750. The van der Waals surface area contributed by atoms with Gasteiger partial charge in [-0.1, -0.05) is 23.2 Å². The van der Waals surface area contributed by atoms with Crippen LogP contribution >= 0.6 is 34.8 Å². The molecule has 0 fully saturated rings. The molecule has 0 spiro atoms. The molecule has 0 aromatic heterocycles. The van der Waals surface area contributed by atoms with Crippen LogP contribution in [-0.2, 0) is 9.53 Å². The number of esters is 1. The maximum Gasteiger partial charge on any atom is 0.343 e. The van der Waals surface area contributed by atoms with Crippen LogP contribution in [0, 0.1) is 0 Å². The van der Waals surface area contributed by atoms with E-state index in [4.69, 9.17) is 34.8 Å². The van der Waals surface area contributed by atoms with Crippen molar-refractivity contribution in [3.05, 3.63) is 0 Å². The third-order valence-electron chi connectivity index (χ3n) is 0.652. The van der Waals surface area contributed by atoms with Crippen LogP contribution in [0.5, 0.6) is 0 Å². The van der Waals surface area contributed by atoms with Gasteiger partial charge < -0.3 is 4.74 Å². The van der Waals surface area contributed by atoms with Gasteiger partial charge in [-0.25, -0.2) is 4.79 Å². The van der Waals surface area contributed by atoms with Crippen molar-refractivity contribution < 1.29 is 9.53 Å². The lowest BCUT2D eigenvalue weighted by Gasteiger charge is -2.11. The lowest BCUT2D eigenvalue weighted by atomic mass is 10.5. The molecule has 0 heterocycles. The lowest BCUT2D eigenvalue weighted by Crippen LogP contribution is -2.28. The normalized spacial score (nSPS) is 11.1. The van der Waals surface area contributed by atoms with E-state index >= 15 is 0 Å².